The van der Waals surface area contributed by atoms with Gasteiger partial charge < -0.3 is 5.32 Å². The summed E-state index contributed by atoms with van der Waals surface area (Å²) in [7, 11) is 0. The molecule has 94 valence electrons. The van der Waals surface area contributed by atoms with E-state index in [9.17, 15) is 9.59 Å². The first-order valence-corrected chi connectivity index (χ1v) is 5.98. The van der Waals surface area contributed by atoms with Crippen molar-refractivity contribution in [1.29, 1.82) is 0 Å². The third-order valence-corrected chi connectivity index (χ3v) is 3.28. The fourth-order valence-corrected chi connectivity index (χ4v) is 2.40. The summed E-state index contributed by atoms with van der Waals surface area (Å²) in [6.45, 7) is 0. The van der Waals surface area contributed by atoms with Gasteiger partial charge >= 0.3 is 65.1 Å². The van der Waals surface area contributed by atoms with E-state index in [1.54, 1.807) is 0 Å². The summed E-state index contributed by atoms with van der Waals surface area (Å²) in [6.07, 6.45) is 0. The Hall–Kier alpha value is -0.620. The minimum absolute atomic E-state index is 0. The van der Waals surface area contributed by atoms with Crippen molar-refractivity contribution in [1.82, 2.24) is 10.6 Å². The molecule has 1 aliphatic heterocycles. The van der Waals surface area contributed by atoms with Crippen molar-refractivity contribution >= 4 is 11.9 Å². The number of amides is 3. The molecule has 6 heteroatoms. The molecule has 2 aromatic carbocycles. The number of nitrogens with one attached hydrogen (secondary N) is 2. The first kappa shape index (κ1) is 18.4. The maximum atomic E-state index is 12.3. The minimum Gasteiger partial charge on any atom is -0.316 e. The smallest absolute Gasteiger partial charge is 0.316 e. The Morgan fingerprint density at radius 2 is 1.14 bits per heavy atom. The van der Waals surface area contributed by atoms with Gasteiger partial charge in [0.05, 0.1) is 0 Å². The quantitative estimate of drug-likeness (QED) is 0.436. The SMILES string of the molecule is O=C1NC(=O)C(c2ccccc2)(c2ccccc2)N1.[Na+].[Na+]. The molecule has 3 amide bonds. The van der Waals surface area contributed by atoms with Gasteiger partial charge in [0.1, 0.15) is 0 Å². The van der Waals surface area contributed by atoms with Gasteiger partial charge in [0.25, 0.3) is 5.91 Å². The molecule has 3 rings (SSSR count). The average Bonchev–Trinajstić information content (AvgIpc) is 2.76. The molecule has 2 aromatic rings. The molecular formula is C15H12N2Na2O2+2. The van der Waals surface area contributed by atoms with Crippen molar-refractivity contribution in [3.8, 4) is 0 Å². The summed E-state index contributed by atoms with van der Waals surface area (Å²) >= 11 is 0. The van der Waals surface area contributed by atoms with Crippen LogP contribution in [0.25, 0.3) is 0 Å². The maximum Gasteiger partial charge on any atom is 1.00 e. The predicted octanol–water partition coefficient (Wildman–Crippen LogP) is -4.22. The number of carbonyl (C=O) groups is 2. The zero-order valence-corrected chi connectivity index (χ0v) is 16.1. The zero-order valence-electron chi connectivity index (χ0n) is 12.1. The van der Waals surface area contributed by atoms with Gasteiger partial charge in [-0.1, -0.05) is 60.7 Å². The zero-order chi connectivity index (χ0) is 13.3. The van der Waals surface area contributed by atoms with E-state index in [1.807, 2.05) is 60.7 Å². The largest absolute Gasteiger partial charge is 1.00 e. The molecule has 2 N–H and O–H groups in total. The molecule has 0 radical (unpaired) electrons. The van der Waals surface area contributed by atoms with Crippen LogP contribution in [0.2, 0.25) is 0 Å². The van der Waals surface area contributed by atoms with Crippen molar-refractivity contribution in [2.75, 3.05) is 0 Å². The van der Waals surface area contributed by atoms with Crippen LogP contribution in [-0.2, 0) is 10.3 Å². The molecule has 4 nitrogen and oxygen atoms in total. The van der Waals surface area contributed by atoms with Crippen molar-refractivity contribution < 1.29 is 68.7 Å². The van der Waals surface area contributed by atoms with Crippen LogP contribution in [0.3, 0.4) is 0 Å². The number of imide groups is 1. The molecular weight excluding hydrogens is 286 g/mol. The van der Waals surface area contributed by atoms with E-state index in [0.29, 0.717) is 0 Å². The van der Waals surface area contributed by atoms with Gasteiger partial charge in [-0.15, -0.1) is 0 Å². The summed E-state index contributed by atoms with van der Waals surface area (Å²) in [5.41, 5.74) is 0.341. The van der Waals surface area contributed by atoms with E-state index < -0.39 is 11.6 Å². The van der Waals surface area contributed by atoms with E-state index in [-0.39, 0.29) is 65.0 Å². The molecule has 0 unspecified atom stereocenters. The first-order chi connectivity index (χ1) is 9.23. The van der Waals surface area contributed by atoms with Crippen molar-refractivity contribution in [3.63, 3.8) is 0 Å². The molecule has 0 spiro atoms. The number of rotatable bonds is 2. The Labute approximate surface area is 167 Å². The van der Waals surface area contributed by atoms with Gasteiger partial charge in [-0.2, -0.15) is 0 Å². The molecule has 0 atom stereocenters. The van der Waals surface area contributed by atoms with Crippen molar-refractivity contribution in [2.24, 2.45) is 0 Å². The molecule has 1 fully saturated rings. The Morgan fingerprint density at radius 1 is 0.714 bits per heavy atom. The third-order valence-electron chi connectivity index (χ3n) is 3.28. The van der Waals surface area contributed by atoms with Crippen molar-refractivity contribution in [3.05, 3.63) is 71.8 Å². The third kappa shape index (κ3) is 3.26. The summed E-state index contributed by atoms with van der Waals surface area (Å²) in [5.74, 6) is -0.352. The van der Waals surface area contributed by atoms with Crippen LogP contribution in [0.15, 0.2) is 60.7 Å². The molecule has 1 heterocycles. The van der Waals surface area contributed by atoms with Crippen LogP contribution in [-0.4, -0.2) is 11.9 Å². The molecule has 21 heavy (non-hydrogen) atoms. The number of hydrogen-bond acceptors (Lipinski definition) is 2. The molecule has 0 aromatic heterocycles. The second kappa shape index (κ2) is 7.58. The Bertz CT molecular complexity index is 593. The predicted molar refractivity (Wildman–Crippen MR) is 70.3 cm³/mol. The monoisotopic (exact) mass is 298 g/mol. The molecule has 0 saturated carbocycles. The molecule has 1 saturated heterocycles. The van der Waals surface area contributed by atoms with E-state index in [2.05, 4.69) is 10.6 Å². The van der Waals surface area contributed by atoms with Crippen LogP contribution < -0.4 is 69.7 Å². The summed E-state index contributed by atoms with van der Waals surface area (Å²) in [5, 5.41) is 5.07. The van der Waals surface area contributed by atoms with Gasteiger partial charge in [-0.25, -0.2) is 4.79 Å². The van der Waals surface area contributed by atoms with E-state index >= 15 is 0 Å². The van der Waals surface area contributed by atoms with Gasteiger partial charge in [0.2, 0.25) is 0 Å². The minimum atomic E-state index is -1.14. The second-order valence-corrected chi connectivity index (χ2v) is 4.39. The number of hydrogen-bond donors (Lipinski definition) is 2. The van der Waals surface area contributed by atoms with Crippen LogP contribution in [0, 0.1) is 0 Å². The van der Waals surface area contributed by atoms with Crippen LogP contribution in [0.5, 0.6) is 0 Å². The first-order valence-electron chi connectivity index (χ1n) is 5.98. The Balaban J connectivity index is 0.00000110. The number of benzene rings is 2. The van der Waals surface area contributed by atoms with Crippen LogP contribution in [0.4, 0.5) is 4.79 Å². The fraction of sp³-hybridized carbons (Fsp3) is 0.0667. The summed E-state index contributed by atoms with van der Waals surface area (Å²) in [6, 6.07) is 18.0. The van der Waals surface area contributed by atoms with Crippen LogP contribution in [0.1, 0.15) is 11.1 Å². The molecule has 0 aliphatic carbocycles. The van der Waals surface area contributed by atoms with Gasteiger partial charge in [-0.05, 0) is 11.1 Å². The second-order valence-electron chi connectivity index (χ2n) is 4.39. The van der Waals surface area contributed by atoms with Gasteiger partial charge in [0.15, 0.2) is 5.54 Å². The molecule has 0 bridgehead atoms. The standard InChI is InChI=1S/C15H12N2O2.2Na/c18-13-15(17-14(19)16-13,11-7-3-1-4-8-11)12-9-5-2-6-10-12;;/h1-10H,(H2,16,17,18,19);;/q;2*+1. The Morgan fingerprint density at radius 3 is 1.48 bits per heavy atom. The topological polar surface area (TPSA) is 58.2 Å². The number of urea groups is 1. The van der Waals surface area contributed by atoms with Gasteiger partial charge in [0, 0.05) is 0 Å². The van der Waals surface area contributed by atoms with E-state index in [1.165, 1.54) is 0 Å². The van der Waals surface area contributed by atoms with Crippen LogP contribution >= 0.6 is 0 Å². The fourth-order valence-electron chi connectivity index (χ4n) is 2.40. The van der Waals surface area contributed by atoms with E-state index in [0.717, 1.165) is 11.1 Å². The average molecular weight is 298 g/mol. The van der Waals surface area contributed by atoms with E-state index in [4.69, 9.17) is 0 Å². The normalized spacial score (nSPS) is 15.2. The summed E-state index contributed by atoms with van der Waals surface area (Å²) < 4.78 is 0. The Kier molecular flexibility index (Phi) is 6.66. The van der Waals surface area contributed by atoms with Gasteiger partial charge in [-0.3, -0.25) is 10.1 Å². The summed E-state index contributed by atoms with van der Waals surface area (Å²) in [4.78, 5) is 23.9. The maximum absolute atomic E-state index is 12.3. The number of carbonyl (C=O) groups excluding carboxylic acids is 2. The molecule has 1 aliphatic rings. The van der Waals surface area contributed by atoms with Crippen molar-refractivity contribution in [2.45, 2.75) is 5.54 Å².